The van der Waals surface area contributed by atoms with Gasteiger partial charge in [-0.1, -0.05) is 23.7 Å². The van der Waals surface area contributed by atoms with Gasteiger partial charge in [0.15, 0.2) is 0 Å². The number of nitrogens with zero attached hydrogens (tertiary/aromatic N) is 2. The summed E-state index contributed by atoms with van der Waals surface area (Å²) in [5, 5.41) is 6.19. The van der Waals surface area contributed by atoms with Crippen LogP contribution >= 0.6 is 11.6 Å². The highest BCUT2D eigenvalue weighted by atomic mass is 35.5. The summed E-state index contributed by atoms with van der Waals surface area (Å²) in [6.45, 7) is 0. The van der Waals surface area contributed by atoms with Crippen LogP contribution in [0.15, 0.2) is 60.9 Å². The summed E-state index contributed by atoms with van der Waals surface area (Å²) in [5.41, 5.74) is 1.80. The number of benzene rings is 2. The number of halogens is 1. The number of rotatable bonds is 5. The normalized spacial score (nSPS) is 10.1. The first-order chi connectivity index (χ1) is 13.1. The zero-order valence-electron chi connectivity index (χ0n) is 14.3. The highest BCUT2D eigenvalue weighted by Crippen LogP contribution is 2.21. The summed E-state index contributed by atoms with van der Waals surface area (Å²) in [5.74, 6) is -0.392. The van der Waals surface area contributed by atoms with Crippen LogP contribution in [0.25, 0.3) is 0 Å². The molecular formula is C19H15ClN4O3. The van der Waals surface area contributed by atoms with Gasteiger partial charge in [-0.2, -0.15) is 0 Å². The lowest BCUT2D eigenvalue weighted by atomic mass is 10.2. The predicted octanol–water partition coefficient (Wildman–Crippen LogP) is 3.91. The van der Waals surface area contributed by atoms with Crippen molar-refractivity contribution in [3.63, 3.8) is 0 Å². The van der Waals surface area contributed by atoms with Gasteiger partial charge >= 0.3 is 5.97 Å². The van der Waals surface area contributed by atoms with Gasteiger partial charge in [-0.3, -0.25) is 4.79 Å². The molecule has 2 aromatic carbocycles. The first-order valence-corrected chi connectivity index (χ1v) is 8.28. The molecule has 0 fully saturated rings. The average Bonchev–Trinajstić information content (AvgIpc) is 2.70. The zero-order valence-corrected chi connectivity index (χ0v) is 15.0. The van der Waals surface area contributed by atoms with Crippen molar-refractivity contribution in [2.24, 2.45) is 0 Å². The maximum absolute atomic E-state index is 12.4. The smallest absolute Gasteiger partial charge is 0.337 e. The van der Waals surface area contributed by atoms with E-state index in [0.717, 1.165) is 0 Å². The highest BCUT2D eigenvalue weighted by molar-refractivity contribution is 6.33. The second-order valence-electron chi connectivity index (χ2n) is 5.42. The van der Waals surface area contributed by atoms with Crippen molar-refractivity contribution in [1.29, 1.82) is 0 Å². The van der Waals surface area contributed by atoms with E-state index in [0.29, 0.717) is 27.8 Å². The maximum Gasteiger partial charge on any atom is 0.337 e. The Morgan fingerprint density at radius 3 is 2.48 bits per heavy atom. The van der Waals surface area contributed by atoms with Crippen LogP contribution in [-0.2, 0) is 4.74 Å². The summed E-state index contributed by atoms with van der Waals surface area (Å²) in [4.78, 5) is 31.9. The second kappa shape index (κ2) is 8.29. The van der Waals surface area contributed by atoms with Gasteiger partial charge in [-0.15, -0.1) is 0 Å². The molecule has 8 heteroatoms. The number of ether oxygens (including phenoxy) is 1. The molecule has 0 bridgehead atoms. The molecule has 2 N–H and O–H groups in total. The summed E-state index contributed by atoms with van der Waals surface area (Å²) >= 11 is 6.05. The van der Waals surface area contributed by atoms with E-state index in [1.807, 2.05) is 0 Å². The molecule has 3 aromatic rings. The van der Waals surface area contributed by atoms with Crippen LogP contribution in [-0.4, -0.2) is 29.0 Å². The molecule has 3 rings (SSSR count). The standard InChI is InChI=1S/C19H15ClN4O3/c1-27-19(26)12-6-8-13(9-7-12)23-17-10-16(21-11-22-17)18(25)24-15-5-3-2-4-14(15)20/h2-11H,1H3,(H,24,25)(H,21,22,23). The lowest BCUT2D eigenvalue weighted by molar-refractivity contribution is 0.0600. The molecule has 1 heterocycles. The Kier molecular flexibility index (Phi) is 5.63. The zero-order chi connectivity index (χ0) is 19.2. The quantitative estimate of drug-likeness (QED) is 0.650. The molecule has 0 saturated carbocycles. The van der Waals surface area contributed by atoms with E-state index in [9.17, 15) is 9.59 Å². The topological polar surface area (TPSA) is 93.2 Å². The molecule has 0 aliphatic carbocycles. The van der Waals surface area contributed by atoms with Crippen molar-refractivity contribution >= 4 is 40.7 Å². The minimum absolute atomic E-state index is 0.179. The third-order valence-corrected chi connectivity index (χ3v) is 3.93. The van der Waals surface area contributed by atoms with Gasteiger partial charge in [0.2, 0.25) is 0 Å². The number of para-hydroxylation sites is 1. The van der Waals surface area contributed by atoms with Crippen LogP contribution in [0.3, 0.4) is 0 Å². The van der Waals surface area contributed by atoms with Crippen LogP contribution in [0, 0.1) is 0 Å². The van der Waals surface area contributed by atoms with Crippen molar-refractivity contribution in [3.05, 3.63) is 77.2 Å². The SMILES string of the molecule is COC(=O)c1ccc(Nc2cc(C(=O)Nc3ccccc3Cl)ncn2)cc1. The summed E-state index contributed by atoms with van der Waals surface area (Å²) in [7, 11) is 1.32. The summed E-state index contributed by atoms with van der Waals surface area (Å²) in [6.07, 6.45) is 1.28. The molecule has 0 aliphatic heterocycles. The molecular weight excluding hydrogens is 368 g/mol. The van der Waals surface area contributed by atoms with Crippen LogP contribution in [0.5, 0.6) is 0 Å². The van der Waals surface area contributed by atoms with Crippen LogP contribution in [0.4, 0.5) is 17.2 Å². The first kappa shape index (κ1) is 18.3. The van der Waals surface area contributed by atoms with E-state index in [4.69, 9.17) is 11.6 Å². The van der Waals surface area contributed by atoms with Gasteiger partial charge in [0.05, 0.1) is 23.4 Å². The van der Waals surface area contributed by atoms with Crippen molar-refractivity contribution in [3.8, 4) is 0 Å². The fourth-order valence-electron chi connectivity index (χ4n) is 2.25. The molecule has 7 nitrogen and oxygen atoms in total. The van der Waals surface area contributed by atoms with Crippen LogP contribution in [0.2, 0.25) is 5.02 Å². The largest absolute Gasteiger partial charge is 0.465 e. The Labute approximate surface area is 160 Å². The number of carbonyl (C=O) groups is 2. The van der Waals surface area contributed by atoms with E-state index < -0.39 is 11.9 Å². The van der Waals surface area contributed by atoms with E-state index in [-0.39, 0.29) is 5.69 Å². The van der Waals surface area contributed by atoms with Gasteiger partial charge in [0.1, 0.15) is 17.8 Å². The van der Waals surface area contributed by atoms with Crippen molar-refractivity contribution in [2.75, 3.05) is 17.7 Å². The molecule has 0 radical (unpaired) electrons. The Morgan fingerprint density at radius 1 is 1.04 bits per heavy atom. The van der Waals surface area contributed by atoms with Crippen molar-refractivity contribution < 1.29 is 14.3 Å². The Hall–Kier alpha value is -3.45. The first-order valence-electron chi connectivity index (χ1n) is 7.90. The maximum atomic E-state index is 12.4. The molecule has 27 heavy (non-hydrogen) atoms. The summed E-state index contributed by atoms with van der Waals surface area (Å²) < 4.78 is 4.66. The van der Waals surface area contributed by atoms with E-state index in [1.54, 1.807) is 48.5 Å². The van der Waals surface area contributed by atoms with E-state index in [2.05, 4.69) is 25.3 Å². The molecule has 0 aliphatic rings. The number of carbonyl (C=O) groups excluding carboxylic acids is 2. The lowest BCUT2D eigenvalue weighted by Crippen LogP contribution is -2.14. The number of nitrogens with one attached hydrogen (secondary N) is 2. The third-order valence-electron chi connectivity index (χ3n) is 3.60. The Balaban J connectivity index is 1.72. The second-order valence-corrected chi connectivity index (χ2v) is 5.82. The Bertz CT molecular complexity index is 977. The number of amides is 1. The van der Waals surface area contributed by atoms with E-state index >= 15 is 0 Å². The third kappa shape index (κ3) is 4.59. The number of aromatic nitrogens is 2. The van der Waals surface area contributed by atoms with Crippen molar-refractivity contribution in [2.45, 2.75) is 0 Å². The molecule has 1 aromatic heterocycles. The van der Waals surface area contributed by atoms with Crippen molar-refractivity contribution in [1.82, 2.24) is 9.97 Å². The molecule has 0 spiro atoms. The van der Waals surface area contributed by atoms with Gasteiger partial charge in [0.25, 0.3) is 5.91 Å². The monoisotopic (exact) mass is 382 g/mol. The van der Waals surface area contributed by atoms with Gasteiger partial charge < -0.3 is 15.4 Å². The Morgan fingerprint density at radius 2 is 1.78 bits per heavy atom. The fourth-order valence-corrected chi connectivity index (χ4v) is 2.44. The lowest BCUT2D eigenvalue weighted by Gasteiger charge is -2.09. The highest BCUT2D eigenvalue weighted by Gasteiger charge is 2.11. The minimum atomic E-state index is -0.415. The molecule has 0 unspecified atom stereocenters. The van der Waals surface area contributed by atoms with Crippen LogP contribution < -0.4 is 10.6 Å². The van der Waals surface area contributed by atoms with Crippen LogP contribution in [0.1, 0.15) is 20.8 Å². The molecule has 1 amide bonds. The average molecular weight is 383 g/mol. The number of hydrogen-bond donors (Lipinski definition) is 2. The molecule has 136 valence electrons. The number of hydrogen-bond acceptors (Lipinski definition) is 6. The number of anilines is 3. The summed E-state index contributed by atoms with van der Waals surface area (Å²) in [6, 6.07) is 15.1. The number of esters is 1. The number of methoxy groups -OCH3 is 1. The fraction of sp³-hybridized carbons (Fsp3) is 0.0526. The van der Waals surface area contributed by atoms with E-state index in [1.165, 1.54) is 19.5 Å². The van der Waals surface area contributed by atoms with Gasteiger partial charge in [-0.25, -0.2) is 14.8 Å². The minimum Gasteiger partial charge on any atom is -0.465 e. The molecule has 0 saturated heterocycles. The van der Waals surface area contributed by atoms with Gasteiger partial charge in [0, 0.05) is 11.8 Å². The predicted molar refractivity (Wildman–Crippen MR) is 103 cm³/mol. The molecule has 0 atom stereocenters. The van der Waals surface area contributed by atoms with Gasteiger partial charge in [-0.05, 0) is 36.4 Å².